The van der Waals surface area contributed by atoms with E-state index in [1.54, 1.807) is 24.5 Å². The minimum atomic E-state index is -0.832. The molecule has 0 amide bonds. The van der Waals surface area contributed by atoms with Gasteiger partial charge in [-0.1, -0.05) is 19.1 Å². The van der Waals surface area contributed by atoms with E-state index >= 15 is 0 Å². The number of rotatable bonds is 5. The third kappa shape index (κ3) is 3.32. The number of benzene rings is 1. The lowest BCUT2D eigenvalue weighted by molar-refractivity contribution is 0.473. The highest BCUT2D eigenvalue weighted by Crippen LogP contribution is 2.19. The van der Waals surface area contributed by atoms with Crippen LogP contribution in [-0.2, 0) is 6.42 Å². The molecule has 19 heavy (non-hydrogen) atoms. The average molecular weight is 263 g/mol. The van der Waals surface area contributed by atoms with Gasteiger partial charge in [-0.05, 0) is 30.7 Å². The van der Waals surface area contributed by atoms with Gasteiger partial charge in [-0.15, -0.1) is 0 Å². The van der Waals surface area contributed by atoms with Crippen molar-refractivity contribution in [1.82, 2.24) is 15.3 Å². The summed E-state index contributed by atoms with van der Waals surface area (Å²) in [6.07, 6.45) is 3.57. The molecule has 0 aliphatic heterocycles. The third-order valence-corrected chi connectivity index (χ3v) is 2.80. The van der Waals surface area contributed by atoms with E-state index in [1.165, 1.54) is 6.07 Å². The van der Waals surface area contributed by atoms with Crippen LogP contribution < -0.4 is 5.32 Å². The third-order valence-electron chi connectivity index (χ3n) is 2.80. The predicted molar refractivity (Wildman–Crippen MR) is 68.5 cm³/mol. The van der Waals surface area contributed by atoms with Gasteiger partial charge < -0.3 is 5.32 Å². The Labute approximate surface area is 110 Å². The van der Waals surface area contributed by atoms with Crippen LogP contribution in [0.1, 0.15) is 24.4 Å². The van der Waals surface area contributed by atoms with E-state index in [-0.39, 0.29) is 6.04 Å². The van der Waals surface area contributed by atoms with Crippen molar-refractivity contribution in [3.8, 4) is 0 Å². The number of hydrogen-bond donors (Lipinski definition) is 1. The molecule has 0 fully saturated rings. The van der Waals surface area contributed by atoms with Crippen molar-refractivity contribution in [3.63, 3.8) is 0 Å². The fourth-order valence-corrected chi connectivity index (χ4v) is 1.92. The van der Waals surface area contributed by atoms with Gasteiger partial charge in [0.2, 0.25) is 0 Å². The molecule has 0 saturated carbocycles. The Hall–Kier alpha value is -1.88. The van der Waals surface area contributed by atoms with Crippen LogP contribution in [0.2, 0.25) is 0 Å². The molecular weight excluding hydrogens is 248 g/mol. The van der Waals surface area contributed by atoms with E-state index in [0.29, 0.717) is 24.4 Å². The lowest BCUT2D eigenvalue weighted by atomic mass is 10.0. The lowest BCUT2D eigenvalue weighted by Crippen LogP contribution is -2.25. The first-order valence-corrected chi connectivity index (χ1v) is 6.15. The van der Waals surface area contributed by atoms with E-state index in [1.807, 2.05) is 6.92 Å². The second kappa shape index (κ2) is 6.33. The van der Waals surface area contributed by atoms with Crippen LogP contribution in [0, 0.1) is 11.6 Å². The topological polar surface area (TPSA) is 37.8 Å². The Balaban J connectivity index is 2.24. The zero-order valence-electron chi connectivity index (χ0n) is 10.6. The van der Waals surface area contributed by atoms with Gasteiger partial charge in [-0.2, -0.15) is 0 Å². The van der Waals surface area contributed by atoms with Gasteiger partial charge in [0.05, 0.1) is 6.04 Å². The molecule has 0 radical (unpaired) electrons. The second-order valence-corrected chi connectivity index (χ2v) is 4.13. The molecule has 5 heteroatoms. The molecule has 1 aromatic carbocycles. The molecule has 0 bridgehead atoms. The Bertz CT molecular complexity index is 531. The summed E-state index contributed by atoms with van der Waals surface area (Å²) in [5.41, 5.74) is 0.318. The van der Waals surface area contributed by atoms with Gasteiger partial charge in [0.15, 0.2) is 11.6 Å². The SMILES string of the molecule is CCNC(Cc1cccc(F)c1F)c1ncccn1. The highest BCUT2D eigenvalue weighted by atomic mass is 19.2. The molecular formula is C14H15F2N3. The molecule has 1 aromatic heterocycles. The van der Waals surface area contributed by atoms with Gasteiger partial charge in [-0.25, -0.2) is 18.7 Å². The van der Waals surface area contributed by atoms with Crippen LogP contribution in [0.3, 0.4) is 0 Å². The van der Waals surface area contributed by atoms with Gasteiger partial charge >= 0.3 is 0 Å². The summed E-state index contributed by atoms with van der Waals surface area (Å²) >= 11 is 0. The number of hydrogen-bond acceptors (Lipinski definition) is 3. The van der Waals surface area contributed by atoms with Crippen LogP contribution >= 0.6 is 0 Å². The molecule has 1 heterocycles. The van der Waals surface area contributed by atoms with Crippen LogP contribution in [0.25, 0.3) is 0 Å². The van der Waals surface area contributed by atoms with Crippen LogP contribution in [0.4, 0.5) is 8.78 Å². The fraction of sp³-hybridized carbons (Fsp3) is 0.286. The van der Waals surface area contributed by atoms with Crippen molar-refractivity contribution in [2.24, 2.45) is 0 Å². The number of halogens is 2. The minimum absolute atomic E-state index is 0.234. The van der Waals surface area contributed by atoms with E-state index in [9.17, 15) is 8.78 Å². The molecule has 1 atom stereocenters. The summed E-state index contributed by atoms with van der Waals surface area (Å²) in [6.45, 7) is 2.64. The van der Waals surface area contributed by atoms with E-state index in [2.05, 4.69) is 15.3 Å². The smallest absolute Gasteiger partial charge is 0.162 e. The molecule has 1 N–H and O–H groups in total. The highest BCUT2D eigenvalue weighted by Gasteiger charge is 2.17. The van der Waals surface area contributed by atoms with E-state index in [4.69, 9.17) is 0 Å². The molecule has 0 spiro atoms. The first-order valence-electron chi connectivity index (χ1n) is 6.15. The maximum atomic E-state index is 13.7. The van der Waals surface area contributed by atoms with Crippen molar-refractivity contribution < 1.29 is 8.78 Å². The maximum absolute atomic E-state index is 13.7. The predicted octanol–water partition coefficient (Wildman–Crippen LogP) is 2.65. The zero-order chi connectivity index (χ0) is 13.7. The average Bonchev–Trinajstić information content (AvgIpc) is 2.44. The number of likely N-dealkylation sites (N-methyl/N-ethyl adjacent to an activating group) is 1. The normalized spacial score (nSPS) is 12.4. The van der Waals surface area contributed by atoms with Crippen molar-refractivity contribution in [2.75, 3.05) is 6.54 Å². The lowest BCUT2D eigenvalue weighted by Gasteiger charge is -2.16. The number of nitrogens with one attached hydrogen (secondary N) is 1. The summed E-state index contributed by atoms with van der Waals surface area (Å²) < 4.78 is 26.9. The summed E-state index contributed by atoms with van der Waals surface area (Å²) in [6, 6.07) is 5.67. The molecule has 2 aromatic rings. The minimum Gasteiger partial charge on any atom is -0.307 e. The maximum Gasteiger partial charge on any atom is 0.162 e. The van der Waals surface area contributed by atoms with Gasteiger partial charge in [0.25, 0.3) is 0 Å². The molecule has 1 unspecified atom stereocenters. The summed E-state index contributed by atoms with van der Waals surface area (Å²) in [5.74, 6) is -1.06. The van der Waals surface area contributed by atoms with Gasteiger partial charge in [0.1, 0.15) is 5.82 Å². The Morgan fingerprint density at radius 1 is 1.16 bits per heavy atom. The largest absolute Gasteiger partial charge is 0.307 e. The second-order valence-electron chi connectivity index (χ2n) is 4.13. The molecule has 0 aliphatic carbocycles. The van der Waals surface area contributed by atoms with Crippen molar-refractivity contribution in [2.45, 2.75) is 19.4 Å². The van der Waals surface area contributed by atoms with Crippen LogP contribution in [-0.4, -0.2) is 16.5 Å². The Morgan fingerprint density at radius 2 is 1.89 bits per heavy atom. The molecule has 0 saturated heterocycles. The van der Waals surface area contributed by atoms with Crippen molar-refractivity contribution in [3.05, 3.63) is 59.7 Å². The Kier molecular flexibility index (Phi) is 4.52. The van der Waals surface area contributed by atoms with Crippen LogP contribution in [0.15, 0.2) is 36.7 Å². The van der Waals surface area contributed by atoms with Gasteiger partial charge in [0, 0.05) is 12.4 Å². The monoisotopic (exact) mass is 263 g/mol. The zero-order valence-corrected chi connectivity index (χ0v) is 10.6. The summed E-state index contributed by atoms with van der Waals surface area (Å²) in [5, 5.41) is 3.18. The van der Waals surface area contributed by atoms with Crippen molar-refractivity contribution in [1.29, 1.82) is 0 Å². The summed E-state index contributed by atoms with van der Waals surface area (Å²) in [4.78, 5) is 8.31. The first-order chi connectivity index (χ1) is 9.22. The first kappa shape index (κ1) is 13.5. The molecule has 0 aliphatic rings. The quantitative estimate of drug-likeness (QED) is 0.901. The molecule has 100 valence electrons. The van der Waals surface area contributed by atoms with Crippen LogP contribution in [0.5, 0.6) is 0 Å². The number of aromatic nitrogens is 2. The molecule has 2 rings (SSSR count). The standard InChI is InChI=1S/C14H15F2N3/c1-2-17-12(14-18-7-4-8-19-14)9-10-5-3-6-11(15)13(10)16/h3-8,12,17H,2,9H2,1H3. The van der Waals surface area contributed by atoms with E-state index in [0.717, 1.165) is 6.07 Å². The van der Waals surface area contributed by atoms with E-state index < -0.39 is 11.6 Å². The number of nitrogens with zero attached hydrogens (tertiary/aromatic N) is 2. The van der Waals surface area contributed by atoms with Gasteiger partial charge in [-0.3, -0.25) is 0 Å². The highest BCUT2D eigenvalue weighted by molar-refractivity contribution is 5.21. The fourth-order valence-electron chi connectivity index (χ4n) is 1.92. The Morgan fingerprint density at radius 3 is 2.58 bits per heavy atom. The molecule has 3 nitrogen and oxygen atoms in total. The summed E-state index contributed by atoms with van der Waals surface area (Å²) in [7, 11) is 0. The van der Waals surface area contributed by atoms with Crippen molar-refractivity contribution >= 4 is 0 Å².